The van der Waals surface area contributed by atoms with Crippen LogP contribution in [0.5, 0.6) is 0 Å². The van der Waals surface area contributed by atoms with Crippen molar-refractivity contribution in [2.24, 2.45) is 11.8 Å². The van der Waals surface area contributed by atoms with E-state index in [1.54, 1.807) is 0 Å². The van der Waals surface area contributed by atoms with E-state index >= 15 is 0 Å². The van der Waals surface area contributed by atoms with Gasteiger partial charge in [0, 0.05) is 6.04 Å². The number of fused-ring (bicyclic) bond motifs is 2. The van der Waals surface area contributed by atoms with Gasteiger partial charge in [-0.15, -0.1) is 0 Å². The van der Waals surface area contributed by atoms with Crippen LogP contribution in [0.4, 0.5) is 4.79 Å². The highest BCUT2D eigenvalue weighted by Gasteiger charge is 2.53. The van der Waals surface area contributed by atoms with Gasteiger partial charge in [-0.3, -0.25) is 4.79 Å². The number of likely N-dealkylation sites (tertiary alicyclic amines) is 1. The van der Waals surface area contributed by atoms with E-state index < -0.39 is 18.2 Å². The number of hydrogen-bond donors (Lipinski definition) is 2. The summed E-state index contributed by atoms with van der Waals surface area (Å²) in [6.07, 6.45) is 1.49. The highest BCUT2D eigenvalue weighted by molar-refractivity contribution is 5.86. The van der Waals surface area contributed by atoms with Crippen LogP contribution in [0.3, 0.4) is 0 Å². The number of nitrogens with zero attached hydrogens (tertiary/aromatic N) is 1. The van der Waals surface area contributed by atoms with Crippen LogP contribution in [0.2, 0.25) is 0 Å². The van der Waals surface area contributed by atoms with Gasteiger partial charge in [-0.2, -0.15) is 0 Å². The number of amides is 2. The van der Waals surface area contributed by atoms with Crippen LogP contribution in [0.25, 0.3) is 0 Å². The van der Waals surface area contributed by atoms with E-state index in [0.29, 0.717) is 5.92 Å². The molecule has 2 aliphatic rings. The fraction of sp³-hybridized carbons (Fsp3) is 0.867. The van der Waals surface area contributed by atoms with Crippen LogP contribution in [0.15, 0.2) is 0 Å². The Labute approximate surface area is 125 Å². The molecule has 0 aromatic rings. The van der Waals surface area contributed by atoms with Crippen molar-refractivity contribution < 1.29 is 19.4 Å². The van der Waals surface area contributed by atoms with Gasteiger partial charge < -0.3 is 20.1 Å². The molecule has 2 N–H and O–H groups in total. The third-order valence-corrected chi connectivity index (χ3v) is 4.86. The summed E-state index contributed by atoms with van der Waals surface area (Å²) in [5.41, 5.74) is 0. The van der Waals surface area contributed by atoms with Crippen molar-refractivity contribution in [3.8, 4) is 0 Å². The number of hydrogen-bond acceptors (Lipinski definition) is 4. The van der Waals surface area contributed by atoms with Crippen LogP contribution in [0, 0.1) is 11.8 Å². The Morgan fingerprint density at radius 3 is 2.57 bits per heavy atom. The quantitative estimate of drug-likeness (QED) is 0.815. The molecule has 0 spiro atoms. The first-order chi connectivity index (χ1) is 9.90. The van der Waals surface area contributed by atoms with Crippen molar-refractivity contribution in [1.82, 2.24) is 10.2 Å². The summed E-state index contributed by atoms with van der Waals surface area (Å²) in [5.74, 6) is 0.240. The first-order valence-corrected chi connectivity index (χ1v) is 7.75. The summed E-state index contributed by atoms with van der Waals surface area (Å²) in [5, 5.41) is 12.7. The number of ether oxygens (including phenoxy) is 1. The monoisotopic (exact) mass is 298 g/mol. The van der Waals surface area contributed by atoms with Gasteiger partial charge >= 0.3 is 6.09 Å². The van der Waals surface area contributed by atoms with E-state index in [4.69, 9.17) is 0 Å². The Balaban J connectivity index is 2.17. The summed E-state index contributed by atoms with van der Waals surface area (Å²) in [6.45, 7) is 5.85. The van der Waals surface area contributed by atoms with Gasteiger partial charge in [-0.05, 0) is 31.1 Å². The van der Waals surface area contributed by atoms with Crippen LogP contribution >= 0.6 is 0 Å². The number of rotatable bonds is 4. The molecule has 0 aromatic carbocycles. The third kappa shape index (κ3) is 2.86. The summed E-state index contributed by atoms with van der Waals surface area (Å²) in [4.78, 5) is 26.2. The number of aliphatic hydroxyl groups is 1. The van der Waals surface area contributed by atoms with E-state index in [1.165, 1.54) is 7.11 Å². The van der Waals surface area contributed by atoms with Gasteiger partial charge in [0.05, 0.1) is 19.3 Å². The maximum absolute atomic E-state index is 12.9. The van der Waals surface area contributed by atoms with Gasteiger partial charge in [-0.25, -0.2) is 4.79 Å². The third-order valence-electron chi connectivity index (χ3n) is 4.86. The topological polar surface area (TPSA) is 78.9 Å². The first kappa shape index (κ1) is 16.1. The molecule has 1 aliphatic heterocycles. The normalized spacial score (nSPS) is 32.4. The molecule has 120 valence electrons. The molecule has 1 aliphatic carbocycles. The molecule has 1 saturated heterocycles. The number of methoxy groups -OCH3 is 1. The fourth-order valence-corrected chi connectivity index (χ4v) is 3.83. The van der Waals surface area contributed by atoms with E-state index in [0.717, 1.165) is 19.3 Å². The van der Waals surface area contributed by atoms with Crippen molar-refractivity contribution in [3.05, 3.63) is 0 Å². The maximum atomic E-state index is 12.9. The molecular weight excluding hydrogens is 272 g/mol. The minimum atomic E-state index is -0.613. The van der Waals surface area contributed by atoms with Crippen LogP contribution in [0.1, 0.15) is 40.0 Å². The Bertz CT molecular complexity index is 410. The minimum Gasteiger partial charge on any atom is -0.453 e. The highest BCUT2D eigenvalue weighted by Crippen LogP contribution is 2.44. The lowest BCUT2D eigenvalue weighted by atomic mass is 9.93. The smallest absolute Gasteiger partial charge is 0.407 e. The van der Waals surface area contributed by atoms with Crippen molar-refractivity contribution in [3.63, 3.8) is 0 Å². The van der Waals surface area contributed by atoms with Gasteiger partial charge in [0.2, 0.25) is 5.91 Å². The number of carbonyl (C=O) groups is 2. The average molecular weight is 298 g/mol. The molecule has 1 heterocycles. The van der Waals surface area contributed by atoms with Crippen molar-refractivity contribution in [1.29, 1.82) is 0 Å². The van der Waals surface area contributed by atoms with Crippen molar-refractivity contribution in [2.75, 3.05) is 7.11 Å². The summed E-state index contributed by atoms with van der Waals surface area (Å²) >= 11 is 0. The predicted octanol–water partition coefficient (Wildman–Crippen LogP) is 1.13. The number of carbonyl (C=O) groups excluding carboxylic acids is 2. The maximum Gasteiger partial charge on any atom is 0.407 e. The molecule has 2 bridgehead atoms. The fourth-order valence-electron chi connectivity index (χ4n) is 3.83. The van der Waals surface area contributed by atoms with E-state index in [1.807, 2.05) is 18.7 Å². The molecule has 0 unspecified atom stereocenters. The van der Waals surface area contributed by atoms with Crippen molar-refractivity contribution in [2.45, 2.75) is 64.3 Å². The summed E-state index contributed by atoms with van der Waals surface area (Å²) in [7, 11) is 1.29. The van der Waals surface area contributed by atoms with Gasteiger partial charge in [0.15, 0.2) is 0 Å². The summed E-state index contributed by atoms with van der Waals surface area (Å²) in [6, 6.07) is -0.544. The summed E-state index contributed by atoms with van der Waals surface area (Å²) < 4.78 is 4.61. The molecule has 0 radical (unpaired) electrons. The molecule has 1 saturated carbocycles. The second-order valence-corrected chi connectivity index (χ2v) is 6.44. The Morgan fingerprint density at radius 2 is 2.05 bits per heavy atom. The zero-order valence-corrected chi connectivity index (χ0v) is 13.2. The standard InChI is InChI=1S/C15H26N2O4/c1-5-10-9-6-11(12(18)7-9)17(10)14(19)13(8(2)3)16-15(20)21-4/h8-13,18H,5-7H2,1-4H3,(H,16,20)/t9-,10+,11+,12-,13-/m0/s1. The largest absolute Gasteiger partial charge is 0.453 e. The molecule has 21 heavy (non-hydrogen) atoms. The molecule has 2 amide bonds. The second kappa shape index (κ2) is 6.22. The average Bonchev–Trinajstić information content (AvgIpc) is 2.99. The number of piperidine rings is 1. The zero-order chi connectivity index (χ0) is 15.7. The van der Waals surface area contributed by atoms with E-state index in [2.05, 4.69) is 17.0 Å². The lowest BCUT2D eigenvalue weighted by Crippen LogP contribution is -2.58. The van der Waals surface area contributed by atoms with E-state index in [9.17, 15) is 14.7 Å². The first-order valence-electron chi connectivity index (χ1n) is 7.75. The van der Waals surface area contributed by atoms with Crippen LogP contribution < -0.4 is 5.32 Å². The van der Waals surface area contributed by atoms with Gasteiger partial charge in [-0.1, -0.05) is 20.8 Å². The SMILES string of the molecule is CC[C@@H]1[C@H]2C[C@H]([C@@H](O)C2)N1C(=O)[C@@H](NC(=O)OC)C(C)C. The van der Waals surface area contributed by atoms with Crippen LogP contribution in [-0.2, 0) is 9.53 Å². The van der Waals surface area contributed by atoms with Crippen LogP contribution in [-0.4, -0.2) is 53.3 Å². The minimum absolute atomic E-state index is 0.0367. The van der Waals surface area contributed by atoms with Gasteiger partial charge in [0.1, 0.15) is 6.04 Å². The van der Waals surface area contributed by atoms with Crippen molar-refractivity contribution >= 4 is 12.0 Å². The molecule has 2 rings (SSSR count). The molecule has 5 atom stereocenters. The molecule has 6 heteroatoms. The number of nitrogens with one attached hydrogen (secondary N) is 1. The van der Waals surface area contributed by atoms with E-state index in [-0.39, 0.29) is 23.9 Å². The molecular formula is C15H26N2O4. The Kier molecular flexibility index (Phi) is 4.76. The Morgan fingerprint density at radius 1 is 1.38 bits per heavy atom. The predicted molar refractivity (Wildman–Crippen MR) is 77.6 cm³/mol. The number of aliphatic hydroxyl groups excluding tert-OH is 1. The zero-order valence-electron chi connectivity index (χ0n) is 13.2. The Hall–Kier alpha value is -1.30. The second-order valence-electron chi connectivity index (χ2n) is 6.44. The molecule has 0 aromatic heterocycles. The molecule has 6 nitrogen and oxygen atoms in total. The highest BCUT2D eigenvalue weighted by atomic mass is 16.5. The lowest BCUT2D eigenvalue weighted by molar-refractivity contribution is -0.142. The lowest BCUT2D eigenvalue weighted by Gasteiger charge is -2.40. The number of alkyl carbamates (subject to hydrolysis) is 1. The van der Waals surface area contributed by atoms with Gasteiger partial charge in [0.25, 0.3) is 0 Å². The molecule has 2 fully saturated rings.